The number of sulfonamides is 1. The van der Waals surface area contributed by atoms with E-state index in [1.54, 1.807) is 13.0 Å². The monoisotopic (exact) mass is 360 g/mol. The lowest BCUT2D eigenvalue weighted by Crippen LogP contribution is -2.22. The molecule has 0 fully saturated rings. The third-order valence-corrected chi connectivity index (χ3v) is 6.94. The first-order valence-corrected chi connectivity index (χ1v) is 9.50. The highest BCUT2D eigenvalue weighted by Gasteiger charge is 2.18. The number of nitrogens with one attached hydrogen (secondary N) is 1. The van der Waals surface area contributed by atoms with Crippen LogP contribution in [0.5, 0.6) is 0 Å². The van der Waals surface area contributed by atoms with Crippen molar-refractivity contribution in [3.63, 3.8) is 0 Å². The molecular formula is C13H13ClN2O2S3. The van der Waals surface area contributed by atoms with Crippen molar-refractivity contribution < 1.29 is 8.42 Å². The molecule has 2 aromatic heterocycles. The van der Waals surface area contributed by atoms with E-state index in [9.17, 15) is 8.42 Å². The van der Waals surface area contributed by atoms with Crippen LogP contribution in [0.3, 0.4) is 0 Å². The molecule has 2 rings (SSSR count). The van der Waals surface area contributed by atoms with E-state index in [2.05, 4.69) is 16.6 Å². The van der Waals surface area contributed by atoms with E-state index >= 15 is 0 Å². The lowest BCUT2D eigenvalue weighted by molar-refractivity contribution is 0.584. The average Bonchev–Trinajstić information content (AvgIpc) is 3.02. The lowest BCUT2D eigenvalue weighted by atomic mass is 10.2. The SMILES string of the molecule is Cc1cc(S(=O)(=O)NCc2sccc2C#CCN)sc1Cl. The summed E-state index contributed by atoms with van der Waals surface area (Å²) in [5.74, 6) is 5.69. The summed E-state index contributed by atoms with van der Waals surface area (Å²) in [4.78, 5) is 0.860. The summed E-state index contributed by atoms with van der Waals surface area (Å²) in [5.41, 5.74) is 6.89. The van der Waals surface area contributed by atoms with Crippen LogP contribution in [-0.2, 0) is 16.6 Å². The van der Waals surface area contributed by atoms with Gasteiger partial charge in [-0.1, -0.05) is 23.4 Å². The van der Waals surface area contributed by atoms with Gasteiger partial charge in [-0.25, -0.2) is 13.1 Å². The molecule has 112 valence electrons. The first kappa shape index (κ1) is 16.5. The van der Waals surface area contributed by atoms with Crippen molar-refractivity contribution in [3.8, 4) is 11.8 Å². The summed E-state index contributed by atoms with van der Waals surface area (Å²) in [6.07, 6.45) is 0. The smallest absolute Gasteiger partial charge is 0.250 e. The van der Waals surface area contributed by atoms with Gasteiger partial charge in [-0.2, -0.15) is 0 Å². The average molecular weight is 361 g/mol. The van der Waals surface area contributed by atoms with E-state index in [0.29, 0.717) is 4.34 Å². The van der Waals surface area contributed by atoms with Gasteiger partial charge in [-0.15, -0.1) is 22.7 Å². The molecule has 0 aliphatic rings. The molecule has 0 saturated heterocycles. The number of halogens is 1. The van der Waals surface area contributed by atoms with Gasteiger partial charge < -0.3 is 5.73 Å². The molecule has 0 saturated carbocycles. The van der Waals surface area contributed by atoms with Crippen LogP contribution in [0.1, 0.15) is 16.0 Å². The molecule has 4 nitrogen and oxygen atoms in total. The van der Waals surface area contributed by atoms with Crippen LogP contribution in [-0.4, -0.2) is 15.0 Å². The molecule has 0 atom stereocenters. The number of hydrogen-bond donors (Lipinski definition) is 2. The van der Waals surface area contributed by atoms with Crippen molar-refractivity contribution in [1.82, 2.24) is 4.72 Å². The fourth-order valence-corrected chi connectivity index (χ4v) is 5.14. The minimum Gasteiger partial charge on any atom is -0.320 e. The molecule has 0 amide bonds. The predicted molar refractivity (Wildman–Crippen MR) is 88.3 cm³/mol. The molecule has 0 aliphatic heterocycles. The van der Waals surface area contributed by atoms with Crippen LogP contribution in [0.2, 0.25) is 4.34 Å². The van der Waals surface area contributed by atoms with Crippen molar-refractivity contribution in [2.75, 3.05) is 6.54 Å². The lowest BCUT2D eigenvalue weighted by Gasteiger charge is -2.03. The summed E-state index contributed by atoms with van der Waals surface area (Å²) in [6.45, 7) is 2.24. The van der Waals surface area contributed by atoms with Crippen molar-refractivity contribution in [1.29, 1.82) is 0 Å². The quantitative estimate of drug-likeness (QED) is 0.823. The van der Waals surface area contributed by atoms with E-state index in [1.165, 1.54) is 11.3 Å². The summed E-state index contributed by atoms with van der Waals surface area (Å²) in [5, 5.41) is 1.87. The minimum absolute atomic E-state index is 0.198. The Morgan fingerprint density at radius 2 is 2.24 bits per heavy atom. The highest BCUT2D eigenvalue weighted by molar-refractivity contribution is 7.91. The van der Waals surface area contributed by atoms with E-state index in [4.69, 9.17) is 17.3 Å². The van der Waals surface area contributed by atoms with Crippen molar-refractivity contribution in [2.45, 2.75) is 17.7 Å². The Bertz CT molecular complexity index is 777. The highest BCUT2D eigenvalue weighted by Crippen LogP contribution is 2.30. The number of nitrogens with two attached hydrogens (primary N) is 1. The third kappa shape index (κ3) is 4.07. The largest absolute Gasteiger partial charge is 0.320 e. The third-order valence-electron chi connectivity index (χ3n) is 2.59. The first-order chi connectivity index (χ1) is 9.94. The Morgan fingerprint density at radius 3 is 2.86 bits per heavy atom. The summed E-state index contributed by atoms with van der Waals surface area (Å²) in [7, 11) is -3.56. The molecule has 0 aliphatic carbocycles. The number of thiophene rings is 2. The fraction of sp³-hybridized carbons (Fsp3) is 0.231. The Morgan fingerprint density at radius 1 is 1.48 bits per heavy atom. The Balaban J connectivity index is 2.14. The maximum Gasteiger partial charge on any atom is 0.250 e. The summed E-state index contributed by atoms with van der Waals surface area (Å²) >= 11 is 8.42. The zero-order chi connectivity index (χ0) is 15.5. The maximum atomic E-state index is 12.2. The molecule has 0 radical (unpaired) electrons. The van der Waals surface area contributed by atoms with Crippen LogP contribution >= 0.6 is 34.3 Å². The van der Waals surface area contributed by atoms with Gasteiger partial charge >= 0.3 is 0 Å². The molecule has 3 N–H and O–H groups in total. The Kier molecular flexibility index (Phi) is 5.43. The molecule has 2 heterocycles. The van der Waals surface area contributed by atoms with E-state index in [1.807, 2.05) is 11.4 Å². The van der Waals surface area contributed by atoms with Gasteiger partial charge in [-0.3, -0.25) is 0 Å². The molecular weight excluding hydrogens is 348 g/mol. The van der Waals surface area contributed by atoms with Crippen molar-refractivity contribution >= 4 is 44.3 Å². The normalized spacial score (nSPS) is 11.2. The van der Waals surface area contributed by atoms with Gasteiger partial charge in [0.2, 0.25) is 10.0 Å². The van der Waals surface area contributed by atoms with Gasteiger partial charge in [0, 0.05) is 17.0 Å². The van der Waals surface area contributed by atoms with Crippen molar-refractivity contribution in [2.24, 2.45) is 5.73 Å². The molecule has 0 bridgehead atoms. The Hall–Kier alpha value is -0.880. The van der Waals surface area contributed by atoms with E-state index in [0.717, 1.165) is 27.3 Å². The van der Waals surface area contributed by atoms with Crippen LogP contribution in [0.25, 0.3) is 0 Å². The predicted octanol–water partition coefficient (Wildman–Crippen LogP) is 2.56. The van der Waals surface area contributed by atoms with E-state index in [-0.39, 0.29) is 17.3 Å². The molecule has 2 aromatic rings. The molecule has 21 heavy (non-hydrogen) atoms. The van der Waals surface area contributed by atoms with Gasteiger partial charge in [0.25, 0.3) is 0 Å². The van der Waals surface area contributed by atoms with E-state index < -0.39 is 10.0 Å². The summed E-state index contributed by atoms with van der Waals surface area (Å²) < 4.78 is 27.7. The Labute approximate surface area is 137 Å². The molecule has 0 aromatic carbocycles. The van der Waals surface area contributed by atoms with Gasteiger partial charge in [0.15, 0.2) is 0 Å². The molecule has 8 heteroatoms. The fourth-order valence-electron chi connectivity index (χ4n) is 1.53. The second-order valence-electron chi connectivity index (χ2n) is 4.11. The molecule has 0 unspecified atom stereocenters. The second kappa shape index (κ2) is 6.92. The number of aryl methyl sites for hydroxylation is 1. The van der Waals surface area contributed by atoms with Gasteiger partial charge in [0.05, 0.1) is 10.9 Å². The first-order valence-electron chi connectivity index (χ1n) is 5.95. The van der Waals surface area contributed by atoms with Gasteiger partial charge in [0.1, 0.15) is 4.21 Å². The zero-order valence-electron chi connectivity index (χ0n) is 11.1. The number of hydrogen-bond acceptors (Lipinski definition) is 5. The van der Waals surface area contributed by atoms with Crippen LogP contribution in [0.4, 0.5) is 0 Å². The second-order valence-corrected chi connectivity index (χ2v) is 8.76. The summed E-state index contributed by atoms with van der Waals surface area (Å²) in [6, 6.07) is 3.42. The van der Waals surface area contributed by atoms with Crippen molar-refractivity contribution in [3.05, 3.63) is 37.9 Å². The minimum atomic E-state index is -3.56. The zero-order valence-corrected chi connectivity index (χ0v) is 14.3. The number of rotatable bonds is 4. The van der Waals surface area contributed by atoms with Crippen LogP contribution < -0.4 is 10.5 Å². The van der Waals surface area contributed by atoms with Gasteiger partial charge in [-0.05, 0) is 30.0 Å². The highest BCUT2D eigenvalue weighted by atomic mass is 35.5. The van der Waals surface area contributed by atoms with Crippen LogP contribution in [0.15, 0.2) is 21.7 Å². The maximum absolute atomic E-state index is 12.2. The topological polar surface area (TPSA) is 72.2 Å². The van der Waals surface area contributed by atoms with Crippen LogP contribution in [0, 0.1) is 18.8 Å². The standard InChI is InChI=1S/C13H13ClN2O2S3/c1-9-7-12(20-13(9)14)21(17,18)16-8-11-10(3-2-5-15)4-6-19-11/h4,6-7,16H,5,8,15H2,1H3. The molecule has 0 spiro atoms.